The summed E-state index contributed by atoms with van der Waals surface area (Å²) in [7, 11) is 0. The molecule has 0 aromatic carbocycles. The Morgan fingerprint density at radius 3 is 3.14 bits per heavy atom. The Morgan fingerprint density at radius 2 is 2.41 bits per heavy atom. The quantitative estimate of drug-likeness (QED) is 0.136. The molecule has 0 radical (unpaired) electrons. The van der Waals surface area contributed by atoms with E-state index in [1.54, 1.807) is 12.4 Å². The predicted molar refractivity (Wildman–Crippen MR) is 85.7 cm³/mol. The number of furan rings is 1. The zero-order chi connectivity index (χ0) is 15.9. The van der Waals surface area contributed by atoms with E-state index in [2.05, 4.69) is 22.2 Å². The molecule has 1 amide bonds. The lowest BCUT2D eigenvalue weighted by molar-refractivity contribution is -0.448. The van der Waals surface area contributed by atoms with Crippen molar-refractivity contribution in [3.63, 3.8) is 0 Å². The number of hydrogen-bond donors (Lipinski definition) is 3. The molecular weight excluding hydrogens is 302 g/mol. The van der Waals surface area contributed by atoms with Crippen LogP contribution in [0, 0.1) is 0 Å². The van der Waals surface area contributed by atoms with Gasteiger partial charge in [0.25, 0.3) is 0 Å². The average Bonchev–Trinajstić information content (AvgIpc) is 3.14. The van der Waals surface area contributed by atoms with Gasteiger partial charge in [-0.3, -0.25) is 10.6 Å². The molecule has 0 saturated heterocycles. The summed E-state index contributed by atoms with van der Waals surface area (Å²) in [6.45, 7) is 6.05. The number of carbonyl (C=O) groups is 1. The van der Waals surface area contributed by atoms with Gasteiger partial charge in [0, 0.05) is 12.3 Å². The lowest BCUT2D eigenvalue weighted by Gasteiger charge is -1.96. The third-order valence-electron chi connectivity index (χ3n) is 2.63. The summed E-state index contributed by atoms with van der Waals surface area (Å²) in [5, 5.41) is 8.14. The Kier molecular flexibility index (Phi) is 5.31. The Labute approximate surface area is 132 Å². The molecule has 8 heteroatoms. The largest absolute Gasteiger partial charge is 0.456 e. The molecule has 0 atom stereocenters. The number of hydrazone groups is 1. The van der Waals surface area contributed by atoms with Gasteiger partial charge in [0.2, 0.25) is 12.2 Å². The van der Waals surface area contributed by atoms with Crippen LogP contribution in [-0.2, 0) is 11.3 Å². The zero-order valence-corrected chi connectivity index (χ0v) is 13.0. The lowest BCUT2D eigenvalue weighted by atomic mass is 10.3. The van der Waals surface area contributed by atoms with E-state index in [9.17, 15) is 4.79 Å². The van der Waals surface area contributed by atoms with E-state index in [1.165, 1.54) is 22.9 Å². The fourth-order valence-corrected chi connectivity index (χ4v) is 2.32. The van der Waals surface area contributed by atoms with Crippen molar-refractivity contribution in [3.8, 4) is 11.5 Å². The van der Waals surface area contributed by atoms with Gasteiger partial charge in [-0.05, 0) is 12.1 Å². The number of carbonyl (C=O) groups excluding carboxylic acids is 1. The van der Waals surface area contributed by atoms with E-state index in [0.29, 0.717) is 35.4 Å². The van der Waals surface area contributed by atoms with Crippen molar-refractivity contribution in [2.45, 2.75) is 13.5 Å². The Morgan fingerprint density at radius 1 is 1.59 bits per heavy atom. The van der Waals surface area contributed by atoms with Crippen LogP contribution in [0.2, 0.25) is 0 Å². The van der Waals surface area contributed by atoms with Gasteiger partial charge in [0.1, 0.15) is 5.76 Å². The summed E-state index contributed by atoms with van der Waals surface area (Å²) >= 11 is 1.40. The van der Waals surface area contributed by atoms with Crippen LogP contribution in [0.1, 0.15) is 12.7 Å². The molecule has 0 unspecified atom stereocenters. The Hall–Kier alpha value is -2.61. The van der Waals surface area contributed by atoms with Crippen LogP contribution in [0.15, 0.2) is 34.6 Å². The number of hydrogen-bond acceptors (Lipinski definition) is 5. The molecule has 0 spiro atoms. The highest BCUT2D eigenvalue weighted by Gasteiger charge is 2.15. The van der Waals surface area contributed by atoms with Gasteiger partial charge in [0.05, 0.1) is 13.1 Å². The van der Waals surface area contributed by atoms with Crippen LogP contribution in [0.3, 0.4) is 0 Å². The van der Waals surface area contributed by atoms with Gasteiger partial charge in [-0.1, -0.05) is 29.0 Å². The molecule has 0 saturated carbocycles. The van der Waals surface area contributed by atoms with E-state index in [-0.39, 0.29) is 5.91 Å². The number of thiazole rings is 1. The van der Waals surface area contributed by atoms with Gasteiger partial charge < -0.3 is 15.1 Å². The number of nitrogens with one attached hydrogen (secondary N) is 2. The molecular formula is C14H18N5O2S+. The summed E-state index contributed by atoms with van der Waals surface area (Å²) in [5.74, 6) is 7.07. The van der Waals surface area contributed by atoms with Crippen molar-refractivity contribution >= 4 is 28.7 Å². The van der Waals surface area contributed by atoms with E-state index in [4.69, 9.17) is 10.3 Å². The van der Waals surface area contributed by atoms with Crippen molar-refractivity contribution in [1.29, 1.82) is 0 Å². The SMILES string of the molecule is C=CCNC=[N+](N)c1nc(-c2ccc(CNC(C)=O)o2)cs1. The van der Waals surface area contributed by atoms with Gasteiger partial charge in [-0.25, -0.2) is 0 Å². The van der Waals surface area contributed by atoms with Crippen LogP contribution in [0.25, 0.3) is 11.5 Å². The van der Waals surface area contributed by atoms with Crippen molar-refractivity contribution in [1.82, 2.24) is 15.6 Å². The van der Waals surface area contributed by atoms with E-state index in [1.807, 2.05) is 17.5 Å². The Balaban J connectivity index is 2.06. The predicted octanol–water partition coefficient (Wildman–Crippen LogP) is 1.36. The molecule has 2 aromatic heterocycles. The van der Waals surface area contributed by atoms with Crippen LogP contribution in [0.4, 0.5) is 5.13 Å². The standard InChI is InChI=1S/C14H17N5O2S/c1-3-6-16-9-19(15)14-18-12(8-22-14)13-5-4-11(21-13)7-17-10(2)20/h3-5,8-9H,1,6-7,15H2,2H3,(H,17,20)/p+1. The molecule has 2 rings (SSSR count). The minimum atomic E-state index is -0.102. The highest BCUT2D eigenvalue weighted by Crippen LogP contribution is 2.26. The normalized spacial score (nSPS) is 11.2. The summed E-state index contributed by atoms with van der Waals surface area (Å²) in [6, 6.07) is 3.62. The molecule has 0 aliphatic heterocycles. The molecule has 4 N–H and O–H groups in total. The first-order valence-corrected chi connectivity index (χ1v) is 7.48. The van der Waals surface area contributed by atoms with Gasteiger partial charge in [0.15, 0.2) is 11.5 Å². The molecule has 0 fully saturated rings. The van der Waals surface area contributed by atoms with Gasteiger partial charge in [-0.15, -0.1) is 4.68 Å². The summed E-state index contributed by atoms with van der Waals surface area (Å²) in [4.78, 5) is 15.3. The molecule has 22 heavy (non-hydrogen) atoms. The molecule has 2 aromatic rings. The maximum atomic E-state index is 10.9. The van der Waals surface area contributed by atoms with E-state index in [0.717, 1.165) is 0 Å². The second-order valence-electron chi connectivity index (χ2n) is 4.42. The fraction of sp³-hybridized carbons (Fsp3) is 0.214. The Bertz CT molecular complexity index is 689. The smallest absolute Gasteiger partial charge is 0.343 e. The van der Waals surface area contributed by atoms with Gasteiger partial charge >= 0.3 is 5.13 Å². The molecule has 0 aliphatic rings. The van der Waals surface area contributed by atoms with Crippen molar-refractivity contribution in [2.24, 2.45) is 5.84 Å². The first-order chi connectivity index (χ1) is 10.6. The molecule has 116 valence electrons. The fourth-order valence-electron chi connectivity index (χ4n) is 1.61. The number of amides is 1. The maximum Gasteiger partial charge on any atom is 0.343 e. The van der Waals surface area contributed by atoms with E-state index < -0.39 is 0 Å². The van der Waals surface area contributed by atoms with Crippen molar-refractivity contribution < 1.29 is 13.9 Å². The third kappa shape index (κ3) is 4.19. The topological polar surface area (TPSA) is 96.2 Å². The molecule has 0 bridgehead atoms. The first kappa shape index (κ1) is 15.8. The van der Waals surface area contributed by atoms with Crippen LogP contribution in [-0.4, -0.2) is 28.5 Å². The van der Waals surface area contributed by atoms with Crippen molar-refractivity contribution in [3.05, 3.63) is 35.9 Å². The number of nitrogens with zero attached hydrogens (tertiary/aromatic N) is 2. The maximum absolute atomic E-state index is 10.9. The number of hydrazine groups is 1. The minimum Gasteiger partial charge on any atom is -0.456 e. The molecule has 7 nitrogen and oxygen atoms in total. The second-order valence-corrected chi connectivity index (χ2v) is 5.26. The van der Waals surface area contributed by atoms with Gasteiger partial charge in [-0.2, -0.15) is 0 Å². The summed E-state index contributed by atoms with van der Waals surface area (Å²) in [5.41, 5.74) is 0.696. The number of rotatable bonds is 7. The lowest BCUT2D eigenvalue weighted by Crippen LogP contribution is -2.24. The van der Waals surface area contributed by atoms with Crippen LogP contribution in [0.5, 0.6) is 0 Å². The highest BCUT2D eigenvalue weighted by atomic mass is 32.1. The third-order valence-corrected chi connectivity index (χ3v) is 3.49. The van der Waals surface area contributed by atoms with Crippen molar-refractivity contribution in [2.75, 3.05) is 6.54 Å². The zero-order valence-electron chi connectivity index (χ0n) is 12.2. The number of nitrogens with two attached hydrogens (primary N) is 1. The van der Waals surface area contributed by atoms with E-state index >= 15 is 0 Å². The molecule has 2 heterocycles. The molecule has 0 aliphatic carbocycles. The monoisotopic (exact) mass is 320 g/mol. The van der Waals surface area contributed by atoms with Crippen LogP contribution >= 0.6 is 11.3 Å². The summed E-state index contributed by atoms with van der Waals surface area (Å²) < 4.78 is 7.04. The summed E-state index contributed by atoms with van der Waals surface area (Å²) in [6.07, 6.45) is 3.35. The first-order valence-electron chi connectivity index (χ1n) is 6.60. The second kappa shape index (κ2) is 7.41. The highest BCUT2D eigenvalue weighted by molar-refractivity contribution is 7.13. The van der Waals surface area contributed by atoms with Crippen LogP contribution < -0.4 is 16.5 Å². The number of aromatic nitrogens is 1. The average molecular weight is 320 g/mol. The minimum absolute atomic E-state index is 0.102.